The molecule has 3 N–H and O–H groups in total. The van der Waals surface area contributed by atoms with Crippen molar-refractivity contribution in [1.82, 2.24) is 5.32 Å². The van der Waals surface area contributed by atoms with Crippen LogP contribution in [-0.4, -0.2) is 18.5 Å². The lowest BCUT2D eigenvalue weighted by molar-refractivity contribution is 0.0924. The number of hydrogen-bond acceptors (Lipinski definition) is 2. The van der Waals surface area contributed by atoms with Crippen LogP contribution in [0.5, 0.6) is 0 Å². The third-order valence-corrected chi connectivity index (χ3v) is 3.95. The molecule has 0 saturated heterocycles. The van der Waals surface area contributed by atoms with E-state index >= 15 is 0 Å². The van der Waals surface area contributed by atoms with Gasteiger partial charge in [0.2, 0.25) is 0 Å². The van der Waals surface area contributed by atoms with Gasteiger partial charge >= 0.3 is 0 Å². The van der Waals surface area contributed by atoms with Crippen molar-refractivity contribution in [3.05, 3.63) is 34.1 Å². The molecule has 1 saturated carbocycles. The van der Waals surface area contributed by atoms with Gasteiger partial charge in [0, 0.05) is 10.5 Å². The molecule has 1 fully saturated rings. The van der Waals surface area contributed by atoms with Gasteiger partial charge < -0.3 is 11.1 Å². The number of benzene rings is 1. The van der Waals surface area contributed by atoms with Gasteiger partial charge in [-0.3, -0.25) is 4.79 Å². The average molecular weight is 315 g/mol. The summed E-state index contributed by atoms with van der Waals surface area (Å²) in [6, 6.07) is 4.52. The Kier molecular flexibility index (Phi) is 4.35. The predicted octanol–water partition coefficient (Wildman–Crippen LogP) is 2.45. The molecule has 98 valence electrons. The summed E-state index contributed by atoms with van der Waals surface area (Å²) in [6.07, 6.45) is 3.02. The zero-order chi connectivity index (χ0) is 13.1. The highest BCUT2D eigenvalue weighted by Crippen LogP contribution is 2.25. The SMILES string of the molecule is NCC1CCCC1NC(=O)c1ccc(Br)cc1F. The summed E-state index contributed by atoms with van der Waals surface area (Å²) in [5.74, 6) is -0.554. The van der Waals surface area contributed by atoms with E-state index in [0.717, 1.165) is 19.3 Å². The molecular weight excluding hydrogens is 299 g/mol. The largest absolute Gasteiger partial charge is 0.349 e. The van der Waals surface area contributed by atoms with Crippen LogP contribution in [-0.2, 0) is 0 Å². The lowest BCUT2D eigenvalue weighted by atomic mass is 10.0. The number of amides is 1. The van der Waals surface area contributed by atoms with Crippen molar-refractivity contribution in [3.63, 3.8) is 0 Å². The first-order chi connectivity index (χ1) is 8.61. The quantitative estimate of drug-likeness (QED) is 0.900. The summed E-state index contributed by atoms with van der Waals surface area (Å²) in [5, 5.41) is 2.88. The number of rotatable bonds is 3. The first-order valence-corrected chi connectivity index (χ1v) is 6.87. The van der Waals surface area contributed by atoms with Gasteiger partial charge in [0.25, 0.3) is 5.91 Å². The molecule has 1 aromatic carbocycles. The molecular formula is C13H16BrFN2O. The predicted molar refractivity (Wildman–Crippen MR) is 71.7 cm³/mol. The van der Waals surface area contributed by atoms with Crippen molar-refractivity contribution in [1.29, 1.82) is 0 Å². The number of halogens is 2. The molecule has 0 radical (unpaired) electrons. The van der Waals surface area contributed by atoms with Gasteiger partial charge in [0.15, 0.2) is 0 Å². The lowest BCUT2D eigenvalue weighted by Crippen LogP contribution is -2.40. The average Bonchev–Trinajstić information content (AvgIpc) is 2.76. The first-order valence-electron chi connectivity index (χ1n) is 6.08. The van der Waals surface area contributed by atoms with Crippen LogP contribution in [0, 0.1) is 11.7 Å². The summed E-state index contributed by atoms with van der Waals surface area (Å²) in [6.45, 7) is 0.563. The maximum absolute atomic E-state index is 13.6. The van der Waals surface area contributed by atoms with Crippen molar-refractivity contribution in [2.24, 2.45) is 11.7 Å². The molecule has 1 amide bonds. The van der Waals surface area contributed by atoms with Gasteiger partial charge in [-0.1, -0.05) is 22.4 Å². The Bertz CT molecular complexity index is 453. The number of hydrogen-bond donors (Lipinski definition) is 2. The van der Waals surface area contributed by atoms with Gasteiger partial charge in [-0.15, -0.1) is 0 Å². The van der Waals surface area contributed by atoms with E-state index in [1.54, 1.807) is 6.07 Å². The Balaban J connectivity index is 2.07. The minimum atomic E-state index is -0.510. The van der Waals surface area contributed by atoms with Crippen LogP contribution in [0.2, 0.25) is 0 Å². The Morgan fingerprint density at radius 1 is 1.50 bits per heavy atom. The zero-order valence-electron chi connectivity index (χ0n) is 9.96. The molecule has 0 aromatic heterocycles. The van der Waals surface area contributed by atoms with Crippen molar-refractivity contribution < 1.29 is 9.18 Å². The van der Waals surface area contributed by atoms with Crippen LogP contribution in [0.15, 0.2) is 22.7 Å². The van der Waals surface area contributed by atoms with Gasteiger partial charge in [0.05, 0.1) is 5.56 Å². The van der Waals surface area contributed by atoms with Crippen molar-refractivity contribution in [2.45, 2.75) is 25.3 Å². The van der Waals surface area contributed by atoms with E-state index in [4.69, 9.17) is 5.73 Å². The van der Waals surface area contributed by atoms with Crippen LogP contribution in [0.1, 0.15) is 29.6 Å². The minimum absolute atomic E-state index is 0.0746. The maximum atomic E-state index is 13.6. The number of nitrogens with one attached hydrogen (secondary N) is 1. The van der Waals surface area contributed by atoms with Crippen molar-refractivity contribution in [3.8, 4) is 0 Å². The zero-order valence-corrected chi connectivity index (χ0v) is 11.5. The molecule has 1 aromatic rings. The summed E-state index contributed by atoms with van der Waals surface area (Å²) < 4.78 is 14.3. The van der Waals surface area contributed by atoms with E-state index < -0.39 is 5.82 Å². The van der Waals surface area contributed by atoms with Crippen LogP contribution >= 0.6 is 15.9 Å². The molecule has 5 heteroatoms. The van der Waals surface area contributed by atoms with E-state index in [0.29, 0.717) is 16.9 Å². The Morgan fingerprint density at radius 3 is 2.94 bits per heavy atom. The molecule has 0 aliphatic heterocycles. The van der Waals surface area contributed by atoms with E-state index in [1.165, 1.54) is 12.1 Å². The molecule has 0 spiro atoms. The standard InChI is InChI=1S/C13H16BrFN2O/c14-9-4-5-10(11(15)6-9)13(18)17-12-3-1-2-8(12)7-16/h4-6,8,12H,1-3,7,16H2,(H,17,18). The monoisotopic (exact) mass is 314 g/mol. The minimum Gasteiger partial charge on any atom is -0.349 e. The van der Waals surface area contributed by atoms with Crippen LogP contribution in [0.25, 0.3) is 0 Å². The molecule has 3 nitrogen and oxygen atoms in total. The number of nitrogens with two attached hydrogens (primary N) is 1. The first kappa shape index (κ1) is 13.5. The van der Waals surface area contributed by atoms with Gasteiger partial charge in [-0.2, -0.15) is 0 Å². The van der Waals surface area contributed by atoms with Crippen LogP contribution in [0.4, 0.5) is 4.39 Å². The Labute approximate surface area is 114 Å². The highest BCUT2D eigenvalue weighted by Gasteiger charge is 2.28. The second-order valence-electron chi connectivity index (χ2n) is 4.63. The van der Waals surface area contributed by atoms with E-state index in [1.807, 2.05) is 0 Å². The summed E-state index contributed by atoms with van der Waals surface area (Å²) in [5.41, 5.74) is 5.74. The van der Waals surface area contributed by atoms with Crippen molar-refractivity contribution >= 4 is 21.8 Å². The van der Waals surface area contributed by atoms with E-state index in [-0.39, 0.29) is 17.5 Å². The number of carbonyl (C=O) groups is 1. The highest BCUT2D eigenvalue weighted by atomic mass is 79.9. The summed E-state index contributed by atoms with van der Waals surface area (Å²) >= 11 is 3.17. The van der Waals surface area contributed by atoms with Crippen LogP contribution in [0.3, 0.4) is 0 Å². The highest BCUT2D eigenvalue weighted by molar-refractivity contribution is 9.10. The third kappa shape index (κ3) is 2.90. The molecule has 2 unspecified atom stereocenters. The molecule has 1 aliphatic rings. The molecule has 2 rings (SSSR count). The topological polar surface area (TPSA) is 55.1 Å². The second kappa shape index (κ2) is 5.80. The fourth-order valence-corrected chi connectivity index (χ4v) is 2.76. The Morgan fingerprint density at radius 2 is 2.28 bits per heavy atom. The normalized spacial score (nSPS) is 23.1. The fraction of sp³-hybridized carbons (Fsp3) is 0.462. The summed E-state index contributed by atoms with van der Waals surface area (Å²) in [4.78, 5) is 12.0. The molecule has 18 heavy (non-hydrogen) atoms. The molecule has 0 heterocycles. The summed E-state index contributed by atoms with van der Waals surface area (Å²) in [7, 11) is 0. The second-order valence-corrected chi connectivity index (χ2v) is 5.55. The third-order valence-electron chi connectivity index (χ3n) is 3.45. The van der Waals surface area contributed by atoms with E-state index in [2.05, 4.69) is 21.2 Å². The number of carbonyl (C=O) groups excluding carboxylic acids is 1. The van der Waals surface area contributed by atoms with Crippen molar-refractivity contribution in [2.75, 3.05) is 6.54 Å². The smallest absolute Gasteiger partial charge is 0.254 e. The molecule has 1 aliphatic carbocycles. The van der Waals surface area contributed by atoms with Gasteiger partial charge in [-0.05, 0) is 43.5 Å². The lowest BCUT2D eigenvalue weighted by Gasteiger charge is -2.19. The molecule has 2 atom stereocenters. The Hall–Kier alpha value is -0.940. The van der Waals surface area contributed by atoms with E-state index in [9.17, 15) is 9.18 Å². The van der Waals surface area contributed by atoms with Gasteiger partial charge in [0.1, 0.15) is 5.82 Å². The maximum Gasteiger partial charge on any atom is 0.254 e. The fourth-order valence-electron chi connectivity index (χ4n) is 2.43. The van der Waals surface area contributed by atoms with Crippen LogP contribution < -0.4 is 11.1 Å². The molecule has 0 bridgehead atoms. The van der Waals surface area contributed by atoms with Gasteiger partial charge in [-0.25, -0.2) is 4.39 Å².